The van der Waals surface area contributed by atoms with Gasteiger partial charge in [-0.2, -0.15) is 0 Å². The van der Waals surface area contributed by atoms with Crippen LogP contribution in [0.3, 0.4) is 0 Å². The molecule has 0 N–H and O–H groups in total. The standard InChI is InChI=1S/C14H10FN3OS/c1-20-14-18-17-13(19-14)11-6-7-16-8-12(11)9-2-4-10(15)5-3-9/h2-8H,1H3. The lowest BCUT2D eigenvalue weighted by atomic mass is 10.0. The first-order valence-electron chi connectivity index (χ1n) is 5.86. The van der Waals surface area contributed by atoms with E-state index in [0.717, 1.165) is 16.7 Å². The van der Waals surface area contributed by atoms with Gasteiger partial charge < -0.3 is 4.42 Å². The largest absolute Gasteiger partial charge is 0.411 e. The molecule has 0 fully saturated rings. The van der Waals surface area contributed by atoms with E-state index in [9.17, 15) is 4.39 Å². The molecular formula is C14H10FN3OS. The summed E-state index contributed by atoms with van der Waals surface area (Å²) in [5.41, 5.74) is 2.45. The van der Waals surface area contributed by atoms with E-state index < -0.39 is 0 Å². The maximum Gasteiger partial charge on any atom is 0.276 e. The van der Waals surface area contributed by atoms with Gasteiger partial charge in [-0.15, -0.1) is 10.2 Å². The third kappa shape index (κ3) is 2.42. The van der Waals surface area contributed by atoms with Crippen molar-refractivity contribution in [2.45, 2.75) is 5.22 Å². The molecule has 0 spiro atoms. The third-order valence-electron chi connectivity index (χ3n) is 2.79. The highest BCUT2D eigenvalue weighted by Crippen LogP contribution is 2.31. The van der Waals surface area contributed by atoms with E-state index in [1.165, 1.54) is 23.9 Å². The first-order chi connectivity index (χ1) is 9.78. The van der Waals surface area contributed by atoms with Crippen LogP contribution in [0.2, 0.25) is 0 Å². The molecule has 0 saturated heterocycles. The summed E-state index contributed by atoms with van der Waals surface area (Å²) in [6.45, 7) is 0. The van der Waals surface area contributed by atoms with Crippen molar-refractivity contribution < 1.29 is 8.81 Å². The summed E-state index contributed by atoms with van der Waals surface area (Å²) in [6.07, 6.45) is 5.22. The third-order valence-corrected chi connectivity index (χ3v) is 3.30. The number of hydrogen-bond acceptors (Lipinski definition) is 5. The normalized spacial score (nSPS) is 10.7. The lowest BCUT2D eigenvalue weighted by molar-refractivity contribution is 0.466. The van der Waals surface area contributed by atoms with Crippen molar-refractivity contribution in [3.63, 3.8) is 0 Å². The van der Waals surface area contributed by atoms with Crippen LogP contribution in [0.4, 0.5) is 4.39 Å². The zero-order valence-electron chi connectivity index (χ0n) is 10.6. The average Bonchev–Trinajstić information content (AvgIpc) is 2.97. The highest BCUT2D eigenvalue weighted by atomic mass is 32.2. The SMILES string of the molecule is CSc1nnc(-c2ccncc2-c2ccc(F)cc2)o1. The van der Waals surface area contributed by atoms with Gasteiger partial charge in [0.2, 0.25) is 5.89 Å². The molecule has 0 amide bonds. The molecule has 0 atom stereocenters. The van der Waals surface area contributed by atoms with Crippen molar-refractivity contribution in [2.24, 2.45) is 0 Å². The highest BCUT2D eigenvalue weighted by molar-refractivity contribution is 7.98. The number of halogens is 1. The molecule has 20 heavy (non-hydrogen) atoms. The molecule has 0 aliphatic heterocycles. The van der Waals surface area contributed by atoms with Crippen LogP contribution >= 0.6 is 11.8 Å². The number of benzene rings is 1. The van der Waals surface area contributed by atoms with Crippen LogP contribution in [0.15, 0.2) is 52.4 Å². The Labute approximate surface area is 119 Å². The molecule has 0 unspecified atom stereocenters. The van der Waals surface area contributed by atoms with E-state index in [2.05, 4.69) is 15.2 Å². The maximum absolute atomic E-state index is 13.0. The van der Waals surface area contributed by atoms with Crippen molar-refractivity contribution in [1.29, 1.82) is 0 Å². The number of hydrogen-bond donors (Lipinski definition) is 0. The van der Waals surface area contributed by atoms with Crippen LogP contribution in [0, 0.1) is 5.82 Å². The molecule has 100 valence electrons. The van der Waals surface area contributed by atoms with E-state index in [4.69, 9.17) is 4.42 Å². The Hall–Kier alpha value is -2.21. The fourth-order valence-electron chi connectivity index (χ4n) is 1.84. The Morgan fingerprint density at radius 3 is 2.55 bits per heavy atom. The summed E-state index contributed by atoms with van der Waals surface area (Å²) in [5.74, 6) is 0.151. The molecule has 0 aliphatic rings. The van der Waals surface area contributed by atoms with Crippen LogP contribution in [0.1, 0.15) is 0 Å². The lowest BCUT2D eigenvalue weighted by Crippen LogP contribution is -1.87. The predicted octanol–water partition coefficient (Wildman–Crippen LogP) is 3.66. The van der Waals surface area contributed by atoms with Crippen LogP contribution in [0.25, 0.3) is 22.6 Å². The van der Waals surface area contributed by atoms with Gasteiger partial charge in [0, 0.05) is 23.5 Å². The molecular weight excluding hydrogens is 277 g/mol. The van der Waals surface area contributed by atoms with Crippen LogP contribution in [-0.4, -0.2) is 21.4 Å². The van der Waals surface area contributed by atoms with Gasteiger partial charge >= 0.3 is 0 Å². The molecule has 2 heterocycles. The summed E-state index contributed by atoms with van der Waals surface area (Å²) < 4.78 is 18.6. The molecule has 0 saturated carbocycles. The summed E-state index contributed by atoms with van der Waals surface area (Å²) in [5, 5.41) is 8.45. The van der Waals surface area contributed by atoms with Crippen LogP contribution < -0.4 is 0 Å². The fourth-order valence-corrected chi connectivity index (χ4v) is 2.13. The van der Waals surface area contributed by atoms with Crippen LogP contribution in [0.5, 0.6) is 0 Å². The minimum Gasteiger partial charge on any atom is -0.411 e. The Morgan fingerprint density at radius 1 is 1.05 bits per heavy atom. The summed E-state index contributed by atoms with van der Waals surface area (Å²) in [6, 6.07) is 8.01. The van der Waals surface area contributed by atoms with Gasteiger partial charge in [-0.25, -0.2) is 4.39 Å². The zero-order chi connectivity index (χ0) is 13.9. The smallest absolute Gasteiger partial charge is 0.276 e. The highest BCUT2D eigenvalue weighted by Gasteiger charge is 2.13. The van der Waals surface area contributed by atoms with Gasteiger partial charge in [0.05, 0.1) is 0 Å². The number of pyridine rings is 1. The molecule has 3 rings (SSSR count). The molecule has 4 nitrogen and oxygen atoms in total. The lowest BCUT2D eigenvalue weighted by Gasteiger charge is -2.05. The molecule has 3 aromatic rings. The minimum atomic E-state index is -0.276. The summed E-state index contributed by atoms with van der Waals surface area (Å²) >= 11 is 1.38. The average molecular weight is 287 g/mol. The molecule has 0 aliphatic carbocycles. The van der Waals surface area contributed by atoms with E-state index >= 15 is 0 Å². The van der Waals surface area contributed by atoms with Crippen LogP contribution in [-0.2, 0) is 0 Å². The molecule has 6 heteroatoms. The van der Waals surface area contributed by atoms with E-state index in [0.29, 0.717) is 11.1 Å². The fraction of sp³-hybridized carbons (Fsp3) is 0.0714. The van der Waals surface area contributed by atoms with E-state index in [1.807, 2.05) is 6.26 Å². The minimum absolute atomic E-state index is 0.276. The van der Waals surface area contributed by atoms with Crippen molar-refractivity contribution in [3.05, 3.63) is 48.5 Å². The van der Waals surface area contributed by atoms with E-state index in [-0.39, 0.29) is 5.82 Å². The Balaban J connectivity index is 2.10. The number of nitrogens with zero attached hydrogens (tertiary/aromatic N) is 3. The quantitative estimate of drug-likeness (QED) is 0.688. The monoisotopic (exact) mass is 287 g/mol. The van der Waals surface area contributed by atoms with Gasteiger partial charge in [-0.3, -0.25) is 4.98 Å². The molecule has 0 bridgehead atoms. The predicted molar refractivity (Wildman–Crippen MR) is 74.7 cm³/mol. The molecule has 1 aromatic carbocycles. The second-order valence-corrected chi connectivity index (χ2v) is 4.76. The van der Waals surface area contributed by atoms with Gasteiger partial charge in [-0.05, 0) is 30.0 Å². The van der Waals surface area contributed by atoms with Gasteiger partial charge in [0.15, 0.2) is 0 Å². The Bertz CT molecular complexity index is 727. The van der Waals surface area contributed by atoms with Gasteiger partial charge in [0.25, 0.3) is 5.22 Å². The van der Waals surface area contributed by atoms with Crippen molar-refractivity contribution >= 4 is 11.8 Å². The second kappa shape index (κ2) is 5.42. The van der Waals surface area contributed by atoms with Gasteiger partial charge in [0.1, 0.15) is 5.82 Å². The zero-order valence-corrected chi connectivity index (χ0v) is 11.4. The number of aromatic nitrogens is 3. The van der Waals surface area contributed by atoms with Gasteiger partial charge in [-0.1, -0.05) is 23.9 Å². The van der Waals surface area contributed by atoms with Crippen molar-refractivity contribution in [2.75, 3.05) is 6.26 Å². The summed E-state index contributed by atoms with van der Waals surface area (Å²) in [4.78, 5) is 4.11. The second-order valence-electron chi connectivity index (χ2n) is 4.01. The topological polar surface area (TPSA) is 51.8 Å². The first-order valence-corrected chi connectivity index (χ1v) is 7.08. The molecule has 2 aromatic heterocycles. The summed E-state index contributed by atoms with van der Waals surface area (Å²) in [7, 11) is 0. The number of rotatable bonds is 3. The van der Waals surface area contributed by atoms with E-state index in [1.54, 1.807) is 30.6 Å². The van der Waals surface area contributed by atoms with Crippen molar-refractivity contribution in [1.82, 2.24) is 15.2 Å². The maximum atomic E-state index is 13.0. The molecule has 0 radical (unpaired) electrons. The Morgan fingerprint density at radius 2 is 1.85 bits per heavy atom. The first kappa shape index (κ1) is 12.8. The Kier molecular flexibility index (Phi) is 3.47. The van der Waals surface area contributed by atoms with Crippen molar-refractivity contribution in [3.8, 4) is 22.6 Å². The number of thioether (sulfide) groups is 1.